The summed E-state index contributed by atoms with van der Waals surface area (Å²) in [5.74, 6) is 0.860. The van der Waals surface area contributed by atoms with Crippen molar-refractivity contribution >= 4 is 38.8 Å². The number of nitrogens with one attached hydrogen (secondary N) is 1. The molecular weight excluding hydrogens is 360 g/mol. The van der Waals surface area contributed by atoms with Crippen molar-refractivity contribution < 1.29 is 13.9 Å². The van der Waals surface area contributed by atoms with Crippen LogP contribution in [0.25, 0.3) is 10.8 Å². The number of rotatable bonds is 5. The van der Waals surface area contributed by atoms with E-state index in [9.17, 15) is 4.79 Å². The molecule has 1 aromatic heterocycles. The maximum Gasteiger partial charge on any atom is 0.277 e. The predicted octanol–water partition coefficient (Wildman–Crippen LogP) is 3.72. The molecule has 3 rings (SSSR count). The molecule has 3 aromatic rings. The van der Waals surface area contributed by atoms with E-state index in [0.717, 1.165) is 15.2 Å². The van der Waals surface area contributed by atoms with Crippen LogP contribution >= 0.6 is 15.9 Å². The number of nitrogens with zero attached hydrogens (tertiary/aromatic N) is 1. The lowest BCUT2D eigenvalue weighted by Crippen LogP contribution is -2.24. The third-order valence-corrected chi connectivity index (χ3v) is 3.81. The lowest BCUT2D eigenvalue weighted by molar-refractivity contribution is -0.123. The highest BCUT2D eigenvalue weighted by molar-refractivity contribution is 9.10. The molecule has 0 aliphatic heterocycles. The van der Waals surface area contributed by atoms with E-state index in [2.05, 4.69) is 26.5 Å². The second-order valence-corrected chi connectivity index (χ2v) is 5.54. The average molecular weight is 373 g/mol. The number of amides is 1. The van der Waals surface area contributed by atoms with Gasteiger partial charge in [-0.25, -0.2) is 5.43 Å². The van der Waals surface area contributed by atoms with Crippen molar-refractivity contribution in [2.45, 2.75) is 0 Å². The molecule has 2 aromatic carbocycles. The number of carbonyl (C=O) groups is 1. The second kappa shape index (κ2) is 7.11. The van der Waals surface area contributed by atoms with Crippen molar-refractivity contribution in [3.63, 3.8) is 0 Å². The van der Waals surface area contributed by atoms with Gasteiger partial charge in [-0.2, -0.15) is 5.10 Å². The minimum Gasteiger partial charge on any atom is -0.483 e. The number of benzene rings is 2. The number of hydrogen-bond acceptors (Lipinski definition) is 4. The Kier molecular flexibility index (Phi) is 4.73. The predicted molar refractivity (Wildman–Crippen MR) is 91.6 cm³/mol. The molecule has 0 unspecified atom stereocenters. The Morgan fingerprint density at radius 1 is 1.17 bits per heavy atom. The van der Waals surface area contributed by atoms with Crippen molar-refractivity contribution in [3.05, 3.63) is 65.0 Å². The van der Waals surface area contributed by atoms with Gasteiger partial charge in [-0.15, -0.1) is 0 Å². The minimum atomic E-state index is -0.347. The fraction of sp³-hybridized carbons (Fsp3) is 0.0588. The molecule has 1 amide bonds. The summed E-state index contributed by atoms with van der Waals surface area (Å²) in [7, 11) is 0. The van der Waals surface area contributed by atoms with Crippen LogP contribution in [0.4, 0.5) is 0 Å². The number of hydrogen-bond donors (Lipinski definition) is 1. The fourth-order valence-electron chi connectivity index (χ4n) is 2.07. The van der Waals surface area contributed by atoms with E-state index in [4.69, 9.17) is 9.15 Å². The highest BCUT2D eigenvalue weighted by Gasteiger charge is 2.07. The van der Waals surface area contributed by atoms with E-state index in [1.54, 1.807) is 12.1 Å². The molecular formula is C17H13BrN2O3. The topological polar surface area (TPSA) is 63.8 Å². The zero-order valence-corrected chi connectivity index (χ0v) is 13.6. The Hall–Kier alpha value is -2.60. The summed E-state index contributed by atoms with van der Waals surface area (Å²) in [5.41, 5.74) is 2.39. The van der Waals surface area contributed by atoms with E-state index in [-0.39, 0.29) is 12.5 Å². The third-order valence-electron chi connectivity index (χ3n) is 3.11. The monoisotopic (exact) mass is 372 g/mol. The summed E-state index contributed by atoms with van der Waals surface area (Å²) in [5, 5.41) is 5.76. The summed E-state index contributed by atoms with van der Waals surface area (Å²) in [4.78, 5) is 11.8. The van der Waals surface area contributed by atoms with E-state index in [1.807, 2.05) is 36.4 Å². The molecule has 0 saturated heterocycles. The first-order chi connectivity index (χ1) is 11.2. The number of fused-ring (bicyclic) bond motifs is 1. The van der Waals surface area contributed by atoms with Gasteiger partial charge in [0, 0.05) is 9.86 Å². The van der Waals surface area contributed by atoms with Crippen LogP contribution in [0.3, 0.4) is 0 Å². The van der Waals surface area contributed by atoms with Crippen LogP contribution in [0.5, 0.6) is 5.75 Å². The average Bonchev–Trinajstić information content (AvgIpc) is 3.08. The molecule has 0 atom stereocenters. The summed E-state index contributed by atoms with van der Waals surface area (Å²) in [6.07, 6.45) is 2.96. The van der Waals surface area contributed by atoms with Crippen molar-refractivity contribution in [1.82, 2.24) is 5.43 Å². The first-order valence-corrected chi connectivity index (χ1v) is 7.69. The molecule has 116 valence electrons. The lowest BCUT2D eigenvalue weighted by Gasteiger charge is -2.09. The van der Waals surface area contributed by atoms with Gasteiger partial charge in [0.25, 0.3) is 5.91 Å². The second-order valence-electron chi connectivity index (χ2n) is 4.69. The van der Waals surface area contributed by atoms with Gasteiger partial charge >= 0.3 is 0 Å². The molecule has 0 saturated carbocycles. The van der Waals surface area contributed by atoms with Gasteiger partial charge in [-0.1, -0.05) is 40.2 Å². The highest BCUT2D eigenvalue weighted by atomic mass is 79.9. The van der Waals surface area contributed by atoms with Crippen LogP contribution in [0.15, 0.2) is 68.8 Å². The summed E-state index contributed by atoms with van der Waals surface area (Å²) < 4.78 is 11.6. The van der Waals surface area contributed by atoms with Crippen molar-refractivity contribution in [3.8, 4) is 5.75 Å². The first kappa shape index (κ1) is 15.3. The number of hydrazone groups is 1. The summed E-state index contributed by atoms with van der Waals surface area (Å²) >= 11 is 3.50. The van der Waals surface area contributed by atoms with Gasteiger partial charge in [0.05, 0.1) is 12.5 Å². The molecule has 0 radical (unpaired) electrons. The molecule has 0 aliphatic rings. The third kappa shape index (κ3) is 3.78. The minimum absolute atomic E-state index is 0.124. The quantitative estimate of drug-likeness (QED) is 0.548. The molecule has 0 aliphatic carbocycles. The SMILES string of the molecule is O=C(COc1ccc(Br)c2ccccc12)N/N=C/c1ccco1. The van der Waals surface area contributed by atoms with E-state index in [1.165, 1.54) is 12.5 Å². The number of furan rings is 1. The van der Waals surface area contributed by atoms with Gasteiger partial charge in [0.15, 0.2) is 6.61 Å². The Morgan fingerprint density at radius 3 is 2.78 bits per heavy atom. The summed E-state index contributed by atoms with van der Waals surface area (Å²) in [6.45, 7) is -0.124. The van der Waals surface area contributed by atoms with Crippen molar-refractivity contribution in [2.24, 2.45) is 5.10 Å². The Balaban J connectivity index is 1.62. The molecule has 0 spiro atoms. The lowest BCUT2D eigenvalue weighted by atomic mass is 10.1. The number of carbonyl (C=O) groups excluding carboxylic acids is 1. The molecule has 5 nitrogen and oxygen atoms in total. The zero-order valence-electron chi connectivity index (χ0n) is 12.0. The van der Waals surface area contributed by atoms with E-state index >= 15 is 0 Å². The molecule has 1 heterocycles. The van der Waals surface area contributed by atoms with Crippen LogP contribution in [-0.4, -0.2) is 18.7 Å². The van der Waals surface area contributed by atoms with Gasteiger partial charge < -0.3 is 9.15 Å². The smallest absolute Gasteiger partial charge is 0.277 e. The Labute approximate surface area is 141 Å². The van der Waals surface area contributed by atoms with Crippen molar-refractivity contribution in [2.75, 3.05) is 6.61 Å². The van der Waals surface area contributed by atoms with Crippen LogP contribution in [0.2, 0.25) is 0 Å². The maximum absolute atomic E-state index is 11.8. The molecule has 0 bridgehead atoms. The summed E-state index contributed by atoms with van der Waals surface area (Å²) in [6, 6.07) is 15.0. The number of halogens is 1. The Bertz CT molecular complexity index is 844. The first-order valence-electron chi connectivity index (χ1n) is 6.89. The van der Waals surface area contributed by atoms with E-state index in [0.29, 0.717) is 11.5 Å². The largest absolute Gasteiger partial charge is 0.483 e. The standard InChI is InChI=1S/C17H13BrN2O3/c18-15-7-8-16(14-6-2-1-5-13(14)15)23-11-17(21)20-19-10-12-4-3-9-22-12/h1-10H,11H2,(H,20,21)/b19-10+. The van der Waals surface area contributed by atoms with Gasteiger partial charge in [0.2, 0.25) is 0 Å². The van der Waals surface area contributed by atoms with Crippen LogP contribution in [-0.2, 0) is 4.79 Å². The van der Waals surface area contributed by atoms with Crippen LogP contribution in [0.1, 0.15) is 5.76 Å². The van der Waals surface area contributed by atoms with E-state index < -0.39 is 0 Å². The van der Waals surface area contributed by atoms with Crippen molar-refractivity contribution in [1.29, 1.82) is 0 Å². The molecule has 0 fully saturated rings. The molecule has 23 heavy (non-hydrogen) atoms. The molecule has 6 heteroatoms. The van der Waals surface area contributed by atoms with Gasteiger partial charge in [0.1, 0.15) is 11.5 Å². The maximum atomic E-state index is 11.8. The Morgan fingerprint density at radius 2 is 2.00 bits per heavy atom. The fourth-order valence-corrected chi connectivity index (χ4v) is 2.55. The normalized spacial score (nSPS) is 11.0. The highest BCUT2D eigenvalue weighted by Crippen LogP contribution is 2.31. The van der Waals surface area contributed by atoms with Gasteiger partial charge in [-0.05, 0) is 29.7 Å². The van der Waals surface area contributed by atoms with Gasteiger partial charge in [-0.3, -0.25) is 4.79 Å². The number of ether oxygens (including phenoxy) is 1. The van der Waals surface area contributed by atoms with Crippen LogP contribution < -0.4 is 10.2 Å². The molecule has 1 N–H and O–H groups in total. The zero-order chi connectivity index (χ0) is 16.1. The van der Waals surface area contributed by atoms with Crippen LogP contribution in [0, 0.1) is 0 Å².